The van der Waals surface area contributed by atoms with Crippen molar-refractivity contribution in [1.82, 2.24) is 20.2 Å². The summed E-state index contributed by atoms with van der Waals surface area (Å²) in [4.78, 5) is 33.2. The molecule has 6 rings (SSSR count). The maximum atomic E-state index is 13.1. The highest BCUT2D eigenvalue weighted by atomic mass is 32.1. The summed E-state index contributed by atoms with van der Waals surface area (Å²) in [7, 11) is 0. The van der Waals surface area contributed by atoms with Crippen molar-refractivity contribution in [3.63, 3.8) is 0 Å². The lowest BCUT2D eigenvalue weighted by molar-refractivity contribution is -0.156. The summed E-state index contributed by atoms with van der Waals surface area (Å²) in [6.45, 7) is 3.81. The van der Waals surface area contributed by atoms with Gasteiger partial charge in [0.15, 0.2) is 0 Å². The van der Waals surface area contributed by atoms with E-state index in [1.54, 1.807) is 16.8 Å². The largest absolute Gasteiger partial charge is 0.446 e. The lowest BCUT2D eigenvalue weighted by atomic mass is 9.93. The maximum Gasteiger partial charge on any atom is 0.446 e. The molecule has 0 aliphatic carbocycles. The zero-order valence-corrected chi connectivity index (χ0v) is 24.7. The van der Waals surface area contributed by atoms with E-state index in [-0.39, 0.29) is 5.91 Å². The molecule has 2 aromatic carbocycles. The van der Waals surface area contributed by atoms with Gasteiger partial charge in [-0.2, -0.15) is 18.2 Å². The molecular weight excluding hydrogens is 593 g/mol. The van der Waals surface area contributed by atoms with E-state index in [9.17, 15) is 18.0 Å². The maximum absolute atomic E-state index is 13.1. The van der Waals surface area contributed by atoms with Crippen LogP contribution in [0.2, 0.25) is 0 Å². The van der Waals surface area contributed by atoms with E-state index in [0.717, 1.165) is 77.9 Å². The van der Waals surface area contributed by atoms with Crippen LogP contribution in [0, 0.1) is 12.8 Å². The smallest absolute Gasteiger partial charge is 0.347 e. The van der Waals surface area contributed by atoms with Crippen LogP contribution < -0.4 is 20.9 Å². The van der Waals surface area contributed by atoms with Crippen molar-refractivity contribution in [3.8, 4) is 0 Å². The number of aromatic nitrogens is 4. The van der Waals surface area contributed by atoms with Gasteiger partial charge in [-0.3, -0.25) is 9.59 Å². The van der Waals surface area contributed by atoms with Crippen LogP contribution in [0.5, 0.6) is 0 Å². The zero-order valence-electron chi connectivity index (χ0n) is 23.9. The third-order valence-corrected chi connectivity index (χ3v) is 8.07. The number of nitrogens with one attached hydrogen (secondary N) is 3. The van der Waals surface area contributed by atoms with E-state index < -0.39 is 12.5 Å². The number of aldehydes is 1. The van der Waals surface area contributed by atoms with Crippen LogP contribution in [-0.2, 0) is 22.4 Å². The number of halogens is 3. The van der Waals surface area contributed by atoms with Gasteiger partial charge in [0.25, 0.3) is 0 Å². The van der Waals surface area contributed by atoms with E-state index in [1.165, 1.54) is 5.56 Å². The first-order valence-electron chi connectivity index (χ1n) is 14.1. The van der Waals surface area contributed by atoms with Crippen LogP contribution in [0.4, 0.5) is 47.1 Å². The lowest BCUT2D eigenvalue weighted by Crippen LogP contribution is -2.34. The molecule has 0 atom stereocenters. The van der Waals surface area contributed by atoms with Crippen molar-refractivity contribution < 1.29 is 22.8 Å². The van der Waals surface area contributed by atoms with Crippen LogP contribution in [-0.4, -0.2) is 51.6 Å². The highest BCUT2D eigenvalue weighted by Gasteiger charge is 2.25. The summed E-state index contributed by atoms with van der Waals surface area (Å²) >= 11 is 1.57. The van der Waals surface area contributed by atoms with Gasteiger partial charge in [0.2, 0.25) is 23.3 Å². The molecule has 0 saturated carbocycles. The predicted octanol–water partition coefficient (Wildman–Crippen LogP) is 6.22. The van der Waals surface area contributed by atoms with E-state index in [0.29, 0.717) is 18.3 Å². The number of carbonyl (C=O) groups excluding carboxylic acids is 2. The summed E-state index contributed by atoms with van der Waals surface area (Å²) in [5.74, 6) is 1.74. The molecule has 1 fully saturated rings. The SMILES string of the molecule is Cc1cnc2nc1Nc1ccc(NC(=O)CC3CCN(c4nncs4)CC3)c(c1)CCc1cccc(c1)N2.O=CC(F)(F)F. The highest BCUT2D eigenvalue weighted by molar-refractivity contribution is 7.13. The molecule has 2 aromatic heterocycles. The van der Waals surface area contributed by atoms with Crippen LogP contribution >= 0.6 is 11.3 Å². The number of alkyl halides is 3. The third kappa shape index (κ3) is 8.49. The Morgan fingerprint density at radius 2 is 1.89 bits per heavy atom. The molecule has 1 amide bonds. The number of anilines is 6. The fourth-order valence-electron chi connectivity index (χ4n) is 5.08. The summed E-state index contributed by atoms with van der Waals surface area (Å²) < 4.78 is 31.2. The number of fused-ring (bicyclic) bond motifs is 6. The van der Waals surface area contributed by atoms with Gasteiger partial charge in [0.1, 0.15) is 11.3 Å². The number of hydrogen-bond acceptors (Lipinski definition) is 10. The summed E-state index contributed by atoms with van der Waals surface area (Å²) in [6, 6.07) is 14.4. The quantitative estimate of drug-likeness (QED) is 0.227. The number of rotatable bonds is 4. The van der Waals surface area contributed by atoms with Gasteiger partial charge in [0.05, 0.1) is 0 Å². The number of hydrogen-bond donors (Lipinski definition) is 3. The highest BCUT2D eigenvalue weighted by Crippen LogP contribution is 2.30. The fourth-order valence-corrected chi connectivity index (χ4v) is 5.69. The normalized spacial score (nSPS) is 14.8. The van der Waals surface area contributed by atoms with E-state index in [1.807, 2.05) is 37.4 Å². The molecule has 14 heteroatoms. The lowest BCUT2D eigenvalue weighted by Gasteiger charge is -2.31. The molecule has 2 aliphatic rings. The minimum absolute atomic E-state index is 0.0710. The Labute approximate surface area is 256 Å². The van der Waals surface area contributed by atoms with Crippen LogP contribution in [0.25, 0.3) is 0 Å². The molecule has 0 radical (unpaired) electrons. The summed E-state index contributed by atoms with van der Waals surface area (Å²) in [6.07, 6.45) is 0.253. The Balaban J connectivity index is 0.000000584. The van der Waals surface area contributed by atoms with Gasteiger partial charge in [-0.05, 0) is 80.0 Å². The number of nitrogens with zero attached hydrogens (tertiary/aromatic N) is 5. The fraction of sp³-hybridized carbons (Fsp3) is 0.333. The molecule has 4 heterocycles. The molecule has 2 aliphatic heterocycles. The van der Waals surface area contributed by atoms with Gasteiger partial charge < -0.3 is 20.9 Å². The van der Waals surface area contributed by atoms with Gasteiger partial charge in [-0.1, -0.05) is 23.5 Å². The minimum Gasteiger partial charge on any atom is -0.347 e. The molecule has 1 saturated heterocycles. The number of benzene rings is 2. The Bertz CT molecular complexity index is 1590. The average Bonchev–Trinajstić information content (AvgIpc) is 3.54. The third-order valence-electron chi connectivity index (χ3n) is 7.32. The van der Waals surface area contributed by atoms with Gasteiger partial charge in [-0.25, -0.2) is 4.98 Å². The Kier molecular flexibility index (Phi) is 9.68. The van der Waals surface area contributed by atoms with Crippen molar-refractivity contribution >= 4 is 57.5 Å². The molecule has 0 spiro atoms. The standard InChI is InChI=1S/C28H30N8OS.C2HF3O/c1-18-16-29-27-32-22-4-2-3-19(13-22)5-6-21-15-23(31-26(18)34-27)7-8-24(21)33-25(37)14-20-9-11-36(12-10-20)28-35-30-17-38-28;3-2(4,5)1-6/h2-4,7-8,13,15-17,20H,5-6,9-12,14H2,1H3,(H,33,37)(H2,29,31,32,34);1H. The molecule has 4 aromatic rings. The predicted molar refractivity (Wildman–Crippen MR) is 164 cm³/mol. The molecule has 230 valence electrons. The second-order valence-corrected chi connectivity index (χ2v) is 11.4. The van der Waals surface area contributed by atoms with Gasteiger partial charge in [0, 0.05) is 48.3 Å². The summed E-state index contributed by atoms with van der Waals surface area (Å²) in [5.41, 5.74) is 7.78. The Hall–Kier alpha value is -4.59. The second kappa shape index (κ2) is 13.8. The Morgan fingerprint density at radius 1 is 1.11 bits per heavy atom. The first-order chi connectivity index (χ1) is 21.1. The molecule has 6 bridgehead atoms. The molecule has 44 heavy (non-hydrogen) atoms. The number of carbonyl (C=O) groups is 2. The minimum atomic E-state index is -4.64. The second-order valence-electron chi connectivity index (χ2n) is 10.6. The topological polar surface area (TPSA) is 125 Å². The number of aryl methyl sites for hydroxylation is 3. The van der Waals surface area contributed by atoms with Crippen LogP contribution in [0.15, 0.2) is 54.2 Å². The van der Waals surface area contributed by atoms with Gasteiger partial charge >= 0.3 is 6.18 Å². The average molecular weight is 625 g/mol. The van der Waals surface area contributed by atoms with Crippen LogP contribution in [0.3, 0.4) is 0 Å². The molecule has 3 N–H and O–H groups in total. The van der Waals surface area contributed by atoms with Crippen molar-refractivity contribution in [2.75, 3.05) is 33.9 Å². The van der Waals surface area contributed by atoms with Crippen molar-refractivity contribution in [2.45, 2.75) is 45.2 Å². The van der Waals surface area contributed by atoms with E-state index >= 15 is 0 Å². The number of amides is 1. The monoisotopic (exact) mass is 624 g/mol. The first-order valence-corrected chi connectivity index (χ1v) is 15.0. The van der Waals surface area contributed by atoms with Crippen molar-refractivity contribution in [2.24, 2.45) is 5.92 Å². The zero-order chi connectivity index (χ0) is 31.1. The molecule has 10 nitrogen and oxygen atoms in total. The van der Waals surface area contributed by atoms with E-state index in [2.05, 4.69) is 59.2 Å². The molecular formula is C30H31F3N8O2S. The first kappa shape index (κ1) is 30.9. The molecule has 0 unspecified atom stereocenters. The summed E-state index contributed by atoms with van der Waals surface area (Å²) in [5, 5.41) is 19.1. The van der Waals surface area contributed by atoms with E-state index in [4.69, 9.17) is 4.79 Å². The van der Waals surface area contributed by atoms with Crippen LogP contribution in [0.1, 0.15) is 36.0 Å². The van der Waals surface area contributed by atoms with Crippen molar-refractivity contribution in [3.05, 3.63) is 70.9 Å². The number of piperidine rings is 1. The van der Waals surface area contributed by atoms with Crippen molar-refractivity contribution in [1.29, 1.82) is 0 Å². The van der Waals surface area contributed by atoms with Gasteiger partial charge in [-0.15, -0.1) is 10.2 Å². The Morgan fingerprint density at radius 3 is 2.61 bits per heavy atom.